The van der Waals surface area contributed by atoms with Crippen molar-refractivity contribution in [3.63, 3.8) is 0 Å². The second-order valence-electron chi connectivity index (χ2n) is 8.17. The maximum atomic E-state index is 12.8. The van der Waals surface area contributed by atoms with Crippen LogP contribution in [0.15, 0.2) is 46.7 Å². The van der Waals surface area contributed by atoms with Gasteiger partial charge in [-0.05, 0) is 55.2 Å². The predicted molar refractivity (Wildman–Crippen MR) is 117 cm³/mol. The van der Waals surface area contributed by atoms with Gasteiger partial charge in [-0.3, -0.25) is 4.79 Å². The van der Waals surface area contributed by atoms with Gasteiger partial charge in [-0.2, -0.15) is 4.31 Å². The summed E-state index contributed by atoms with van der Waals surface area (Å²) in [6, 6.07) is 11.1. The molecule has 1 aliphatic heterocycles. The first-order valence-electron chi connectivity index (χ1n) is 10.2. The zero-order chi connectivity index (χ0) is 21.0. The fraction of sp³-hybridized carbons (Fsp3) is 0.500. The quantitative estimate of drug-likeness (QED) is 0.704. The number of nitrogens with zero attached hydrogens (tertiary/aromatic N) is 1. The number of nitrogens with one attached hydrogen (secondary N) is 1. The number of carbonyl (C=O) groups is 1. The van der Waals surface area contributed by atoms with Crippen molar-refractivity contribution in [1.29, 1.82) is 0 Å². The van der Waals surface area contributed by atoms with Crippen LogP contribution in [0.25, 0.3) is 0 Å². The number of amides is 1. The topological polar surface area (TPSA) is 66.5 Å². The predicted octanol–water partition coefficient (Wildman–Crippen LogP) is 4.36. The third kappa shape index (κ3) is 5.47. The van der Waals surface area contributed by atoms with Crippen LogP contribution >= 0.6 is 11.3 Å². The van der Waals surface area contributed by atoms with Crippen LogP contribution in [0.5, 0.6) is 0 Å². The van der Waals surface area contributed by atoms with Crippen molar-refractivity contribution in [2.24, 2.45) is 11.8 Å². The molecule has 3 rings (SSSR count). The first-order valence-corrected chi connectivity index (χ1v) is 12.5. The number of benzene rings is 1. The molecule has 1 atom stereocenters. The van der Waals surface area contributed by atoms with Gasteiger partial charge in [0.2, 0.25) is 15.9 Å². The Morgan fingerprint density at radius 2 is 1.83 bits per heavy atom. The van der Waals surface area contributed by atoms with E-state index in [9.17, 15) is 13.2 Å². The molecule has 0 spiro atoms. The molecule has 1 aliphatic rings. The summed E-state index contributed by atoms with van der Waals surface area (Å²) < 4.78 is 27.2. The lowest BCUT2D eigenvalue weighted by atomic mass is 9.93. The molecule has 7 heteroatoms. The molecule has 0 bridgehead atoms. The van der Waals surface area contributed by atoms with Gasteiger partial charge in [-0.25, -0.2) is 8.42 Å². The van der Waals surface area contributed by atoms with Crippen molar-refractivity contribution in [3.05, 3.63) is 52.2 Å². The van der Waals surface area contributed by atoms with E-state index in [-0.39, 0.29) is 17.9 Å². The second-order valence-corrected chi connectivity index (χ2v) is 11.1. The third-order valence-electron chi connectivity index (χ3n) is 5.54. The van der Waals surface area contributed by atoms with Gasteiger partial charge < -0.3 is 5.32 Å². The Morgan fingerprint density at radius 1 is 1.17 bits per heavy atom. The molecule has 2 aromatic rings. The minimum absolute atomic E-state index is 0.0319. The molecule has 0 radical (unpaired) electrons. The Bertz CT molecular complexity index is 898. The molecule has 0 aliphatic carbocycles. The molecule has 1 N–H and O–H groups in total. The van der Waals surface area contributed by atoms with Gasteiger partial charge in [0.1, 0.15) is 0 Å². The monoisotopic (exact) mass is 434 g/mol. The third-order valence-corrected chi connectivity index (χ3v) is 8.41. The van der Waals surface area contributed by atoms with E-state index in [1.165, 1.54) is 4.88 Å². The number of hydrogen-bond donors (Lipinski definition) is 1. The summed E-state index contributed by atoms with van der Waals surface area (Å²) in [4.78, 5) is 14.1. The largest absolute Gasteiger partial charge is 0.348 e. The molecule has 1 aromatic carbocycles. The molecule has 1 fully saturated rings. The van der Waals surface area contributed by atoms with E-state index in [1.807, 2.05) is 30.5 Å². The zero-order valence-corrected chi connectivity index (χ0v) is 18.9. The lowest BCUT2D eigenvalue weighted by Crippen LogP contribution is -2.40. The van der Waals surface area contributed by atoms with Crippen molar-refractivity contribution in [2.45, 2.75) is 51.0 Å². The van der Waals surface area contributed by atoms with E-state index in [2.05, 4.69) is 25.2 Å². The first kappa shape index (κ1) is 22.0. The SMILES string of the molecule is Cc1ccc(S(=O)(=O)N2CCC(CC(=O)N[C@@H](c3cccs3)C(C)C)CC2)cc1. The van der Waals surface area contributed by atoms with Crippen LogP contribution in [0.1, 0.15) is 49.6 Å². The normalized spacial score (nSPS) is 17.4. The summed E-state index contributed by atoms with van der Waals surface area (Å²) >= 11 is 1.66. The second kappa shape index (κ2) is 9.41. The highest BCUT2D eigenvalue weighted by atomic mass is 32.2. The van der Waals surface area contributed by atoms with Gasteiger partial charge in [0, 0.05) is 24.4 Å². The zero-order valence-electron chi connectivity index (χ0n) is 17.3. The van der Waals surface area contributed by atoms with Crippen LogP contribution in [0.2, 0.25) is 0 Å². The molecule has 1 aromatic heterocycles. The minimum atomic E-state index is -3.46. The summed E-state index contributed by atoms with van der Waals surface area (Å²) in [5.41, 5.74) is 1.04. The van der Waals surface area contributed by atoms with Crippen molar-refractivity contribution in [1.82, 2.24) is 9.62 Å². The van der Waals surface area contributed by atoms with E-state index >= 15 is 0 Å². The summed E-state index contributed by atoms with van der Waals surface area (Å²) in [7, 11) is -3.46. The van der Waals surface area contributed by atoms with Crippen LogP contribution in [0.3, 0.4) is 0 Å². The number of aryl methyl sites for hydroxylation is 1. The van der Waals surface area contributed by atoms with E-state index in [0.29, 0.717) is 43.2 Å². The average molecular weight is 435 g/mol. The lowest BCUT2D eigenvalue weighted by Gasteiger charge is -2.31. The molecular formula is C22H30N2O3S2. The Morgan fingerprint density at radius 3 is 2.38 bits per heavy atom. The molecule has 1 amide bonds. The van der Waals surface area contributed by atoms with Crippen molar-refractivity contribution in [3.8, 4) is 0 Å². The number of thiophene rings is 1. The van der Waals surface area contributed by atoms with Gasteiger partial charge in [0.25, 0.3) is 0 Å². The van der Waals surface area contributed by atoms with Gasteiger partial charge in [-0.15, -0.1) is 11.3 Å². The summed E-state index contributed by atoms with van der Waals surface area (Å²) in [6.07, 6.45) is 1.88. The van der Waals surface area contributed by atoms with Crippen LogP contribution in [-0.4, -0.2) is 31.7 Å². The highest BCUT2D eigenvalue weighted by molar-refractivity contribution is 7.89. The fourth-order valence-electron chi connectivity index (χ4n) is 3.74. The van der Waals surface area contributed by atoms with E-state index in [4.69, 9.17) is 0 Å². The Hall–Kier alpha value is -1.70. The minimum Gasteiger partial charge on any atom is -0.348 e. The van der Waals surface area contributed by atoms with Gasteiger partial charge in [0.15, 0.2) is 0 Å². The van der Waals surface area contributed by atoms with E-state index in [0.717, 1.165) is 5.56 Å². The van der Waals surface area contributed by atoms with Gasteiger partial charge in [-0.1, -0.05) is 37.6 Å². The molecular weight excluding hydrogens is 404 g/mol. The maximum absolute atomic E-state index is 12.8. The Labute approximate surface area is 178 Å². The lowest BCUT2D eigenvalue weighted by molar-refractivity contribution is -0.123. The smallest absolute Gasteiger partial charge is 0.243 e. The average Bonchev–Trinajstić information content (AvgIpc) is 3.21. The molecule has 0 unspecified atom stereocenters. The molecule has 2 heterocycles. The van der Waals surface area contributed by atoms with Crippen molar-refractivity contribution >= 4 is 27.3 Å². The molecule has 1 saturated heterocycles. The molecule has 29 heavy (non-hydrogen) atoms. The summed E-state index contributed by atoms with van der Waals surface area (Å²) in [5.74, 6) is 0.589. The molecule has 5 nitrogen and oxygen atoms in total. The van der Waals surface area contributed by atoms with Gasteiger partial charge >= 0.3 is 0 Å². The number of hydrogen-bond acceptors (Lipinski definition) is 4. The highest BCUT2D eigenvalue weighted by Gasteiger charge is 2.30. The number of sulfonamides is 1. The number of piperidine rings is 1. The van der Waals surface area contributed by atoms with Crippen LogP contribution < -0.4 is 5.32 Å². The van der Waals surface area contributed by atoms with Crippen LogP contribution in [-0.2, 0) is 14.8 Å². The Kier molecular flexibility index (Phi) is 7.14. The Balaban J connectivity index is 1.54. The van der Waals surface area contributed by atoms with Crippen molar-refractivity contribution < 1.29 is 13.2 Å². The van der Waals surface area contributed by atoms with Crippen LogP contribution in [0.4, 0.5) is 0 Å². The highest BCUT2D eigenvalue weighted by Crippen LogP contribution is 2.28. The van der Waals surface area contributed by atoms with Crippen LogP contribution in [0, 0.1) is 18.8 Å². The summed E-state index contributed by atoms with van der Waals surface area (Å²) in [5, 5.41) is 5.21. The number of carbonyl (C=O) groups excluding carboxylic acids is 1. The summed E-state index contributed by atoms with van der Waals surface area (Å²) in [6.45, 7) is 7.09. The van der Waals surface area contributed by atoms with E-state index in [1.54, 1.807) is 27.8 Å². The first-order chi connectivity index (χ1) is 13.8. The standard InChI is InChI=1S/C22H30N2O3S2/c1-16(2)22(20-5-4-14-28-20)23-21(25)15-18-10-12-24(13-11-18)29(26,27)19-8-6-17(3)7-9-19/h4-9,14,16,18,22H,10-13,15H2,1-3H3,(H,23,25)/t22-/m1/s1. The number of rotatable bonds is 7. The maximum Gasteiger partial charge on any atom is 0.243 e. The van der Waals surface area contributed by atoms with Crippen molar-refractivity contribution in [2.75, 3.05) is 13.1 Å². The van der Waals surface area contributed by atoms with Gasteiger partial charge in [0.05, 0.1) is 10.9 Å². The fourth-order valence-corrected chi connectivity index (χ4v) is 6.16. The van der Waals surface area contributed by atoms with E-state index < -0.39 is 10.0 Å². The molecule has 0 saturated carbocycles. The molecule has 158 valence electrons.